The molecule has 0 fully saturated rings. The van der Waals surface area contributed by atoms with Crippen molar-refractivity contribution in [2.75, 3.05) is 0 Å². The Bertz CT molecular complexity index is 428. The van der Waals surface area contributed by atoms with Crippen LogP contribution in [-0.2, 0) is 17.1 Å². The van der Waals surface area contributed by atoms with Crippen molar-refractivity contribution >= 4 is 5.97 Å². The van der Waals surface area contributed by atoms with Gasteiger partial charge in [0, 0.05) is 6.92 Å². The first-order valence-electron chi connectivity index (χ1n) is 4.49. The molecule has 1 aromatic carbocycles. The number of ether oxygens (including phenoxy) is 1. The molecule has 0 unspecified atom stereocenters. The normalized spacial score (nSPS) is 12.4. The van der Waals surface area contributed by atoms with E-state index in [9.17, 15) is 31.1 Å². The van der Waals surface area contributed by atoms with Crippen molar-refractivity contribution in [2.45, 2.75) is 19.3 Å². The maximum absolute atomic E-state index is 12.5. The topological polar surface area (TPSA) is 26.3 Å². The van der Waals surface area contributed by atoms with Crippen LogP contribution in [-0.4, -0.2) is 5.97 Å². The second kappa shape index (κ2) is 4.51. The third kappa shape index (κ3) is 3.14. The number of hydrogen-bond acceptors (Lipinski definition) is 2. The maximum atomic E-state index is 12.5. The summed E-state index contributed by atoms with van der Waals surface area (Å²) in [7, 11) is 0. The summed E-state index contributed by atoms with van der Waals surface area (Å²) < 4.78 is 79.1. The molecular formula is C10H6F6O2. The summed E-state index contributed by atoms with van der Waals surface area (Å²) in [5, 5.41) is 0. The van der Waals surface area contributed by atoms with Crippen LogP contribution in [0.3, 0.4) is 0 Å². The number of benzene rings is 1. The Morgan fingerprint density at radius 1 is 1.00 bits per heavy atom. The van der Waals surface area contributed by atoms with Crippen molar-refractivity contribution in [3.63, 3.8) is 0 Å². The number of para-hydroxylation sites is 1. The molecule has 0 heterocycles. The molecule has 0 atom stereocenters. The maximum Gasteiger partial charge on any atom is 0.420 e. The van der Waals surface area contributed by atoms with Gasteiger partial charge in [0.25, 0.3) is 0 Å². The molecule has 0 aliphatic carbocycles. The first-order valence-corrected chi connectivity index (χ1v) is 4.49. The standard InChI is InChI=1S/C10H6F6O2/c1-5(17)18-8-6(9(11,12)13)3-2-4-7(8)10(14,15)16/h2-4H,1H3. The van der Waals surface area contributed by atoms with Gasteiger partial charge < -0.3 is 4.74 Å². The predicted molar refractivity (Wildman–Crippen MR) is 47.8 cm³/mol. The smallest absolute Gasteiger partial charge is 0.420 e. The minimum Gasteiger partial charge on any atom is -0.425 e. The molecule has 0 saturated heterocycles. The lowest BCUT2D eigenvalue weighted by atomic mass is 10.1. The van der Waals surface area contributed by atoms with Crippen LogP contribution in [0.25, 0.3) is 0 Å². The minimum absolute atomic E-state index is 0.410. The van der Waals surface area contributed by atoms with Gasteiger partial charge in [-0.2, -0.15) is 26.3 Å². The van der Waals surface area contributed by atoms with E-state index in [2.05, 4.69) is 4.74 Å². The second-order valence-corrected chi connectivity index (χ2v) is 3.27. The summed E-state index contributed by atoms with van der Waals surface area (Å²) >= 11 is 0. The van der Waals surface area contributed by atoms with Crippen molar-refractivity contribution in [3.8, 4) is 5.75 Å². The Hall–Kier alpha value is -1.73. The average Bonchev–Trinajstić information content (AvgIpc) is 2.13. The average molecular weight is 272 g/mol. The predicted octanol–water partition coefficient (Wildman–Crippen LogP) is 3.65. The molecule has 100 valence electrons. The number of halogens is 6. The Morgan fingerprint density at radius 3 is 1.67 bits per heavy atom. The fourth-order valence-electron chi connectivity index (χ4n) is 1.24. The van der Waals surface area contributed by atoms with E-state index in [0.29, 0.717) is 25.1 Å². The Morgan fingerprint density at radius 2 is 1.39 bits per heavy atom. The van der Waals surface area contributed by atoms with Gasteiger partial charge >= 0.3 is 18.3 Å². The highest BCUT2D eigenvalue weighted by Crippen LogP contribution is 2.43. The zero-order valence-corrected chi connectivity index (χ0v) is 8.82. The Balaban J connectivity index is 3.50. The van der Waals surface area contributed by atoms with Gasteiger partial charge in [0.15, 0.2) is 5.75 Å². The molecule has 18 heavy (non-hydrogen) atoms. The molecular weight excluding hydrogens is 266 g/mol. The first-order chi connectivity index (χ1) is 8.03. The van der Waals surface area contributed by atoms with Crippen molar-refractivity contribution < 1.29 is 35.9 Å². The highest BCUT2D eigenvalue weighted by Gasteiger charge is 2.42. The molecule has 0 spiro atoms. The highest BCUT2D eigenvalue weighted by atomic mass is 19.4. The first kappa shape index (κ1) is 14.3. The van der Waals surface area contributed by atoms with E-state index < -0.39 is 35.2 Å². The van der Waals surface area contributed by atoms with Crippen LogP contribution >= 0.6 is 0 Å². The lowest BCUT2D eigenvalue weighted by molar-refractivity contribution is -0.148. The monoisotopic (exact) mass is 272 g/mol. The molecule has 0 N–H and O–H groups in total. The van der Waals surface area contributed by atoms with Gasteiger partial charge in [-0.1, -0.05) is 6.07 Å². The van der Waals surface area contributed by atoms with E-state index in [1.807, 2.05) is 0 Å². The largest absolute Gasteiger partial charge is 0.425 e. The van der Waals surface area contributed by atoms with Crippen LogP contribution in [0.1, 0.15) is 18.1 Å². The number of carbonyl (C=O) groups is 1. The summed E-state index contributed by atoms with van der Waals surface area (Å²) in [5.74, 6) is -2.79. The van der Waals surface area contributed by atoms with Crippen LogP contribution in [0.5, 0.6) is 5.75 Å². The Labute approximate surface area is 97.2 Å². The molecule has 0 bridgehead atoms. The van der Waals surface area contributed by atoms with Crippen molar-refractivity contribution in [1.29, 1.82) is 0 Å². The van der Waals surface area contributed by atoms with Crippen molar-refractivity contribution in [3.05, 3.63) is 29.3 Å². The van der Waals surface area contributed by atoms with E-state index in [0.717, 1.165) is 0 Å². The van der Waals surface area contributed by atoms with Gasteiger partial charge in [0.05, 0.1) is 11.1 Å². The summed E-state index contributed by atoms with van der Waals surface area (Å²) in [6, 6.07) is 1.42. The molecule has 0 aromatic heterocycles. The van der Waals surface area contributed by atoms with Crippen molar-refractivity contribution in [1.82, 2.24) is 0 Å². The minimum atomic E-state index is -5.05. The molecule has 1 aromatic rings. The third-order valence-electron chi connectivity index (χ3n) is 1.87. The summed E-state index contributed by atoms with van der Waals surface area (Å²) in [5.41, 5.74) is -3.29. The number of rotatable bonds is 1. The van der Waals surface area contributed by atoms with E-state index in [1.165, 1.54) is 0 Å². The molecule has 8 heteroatoms. The lowest BCUT2D eigenvalue weighted by Gasteiger charge is -2.17. The van der Waals surface area contributed by atoms with Gasteiger partial charge in [-0.3, -0.25) is 4.79 Å². The molecule has 2 nitrogen and oxygen atoms in total. The quantitative estimate of drug-likeness (QED) is 0.443. The van der Waals surface area contributed by atoms with Crippen LogP contribution in [0.2, 0.25) is 0 Å². The molecule has 0 radical (unpaired) electrons. The molecule has 0 saturated carbocycles. The number of hydrogen-bond donors (Lipinski definition) is 0. The van der Waals surface area contributed by atoms with Crippen molar-refractivity contribution in [2.24, 2.45) is 0 Å². The summed E-state index contributed by atoms with van der Waals surface area (Å²) in [6.45, 7) is 0.716. The van der Waals surface area contributed by atoms with Gasteiger partial charge in [-0.15, -0.1) is 0 Å². The fraction of sp³-hybridized carbons (Fsp3) is 0.300. The summed E-state index contributed by atoms with van der Waals surface area (Å²) in [4.78, 5) is 10.6. The fourth-order valence-corrected chi connectivity index (χ4v) is 1.24. The summed E-state index contributed by atoms with van der Waals surface area (Å²) in [6.07, 6.45) is -10.1. The molecule has 0 aliphatic heterocycles. The molecule has 0 amide bonds. The Kier molecular flexibility index (Phi) is 3.59. The van der Waals surface area contributed by atoms with Gasteiger partial charge in [-0.05, 0) is 12.1 Å². The van der Waals surface area contributed by atoms with Crippen LogP contribution < -0.4 is 4.74 Å². The van der Waals surface area contributed by atoms with Gasteiger partial charge in [-0.25, -0.2) is 0 Å². The second-order valence-electron chi connectivity index (χ2n) is 3.27. The van der Waals surface area contributed by atoms with Gasteiger partial charge in [0.1, 0.15) is 0 Å². The van der Waals surface area contributed by atoms with Crippen LogP contribution in [0, 0.1) is 0 Å². The van der Waals surface area contributed by atoms with Crippen LogP contribution in [0.4, 0.5) is 26.3 Å². The zero-order valence-electron chi connectivity index (χ0n) is 8.82. The SMILES string of the molecule is CC(=O)Oc1c(C(F)(F)F)cccc1C(F)(F)F. The van der Waals surface area contributed by atoms with E-state index in [-0.39, 0.29) is 0 Å². The van der Waals surface area contributed by atoms with Gasteiger partial charge in [0.2, 0.25) is 0 Å². The zero-order chi connectivity index (χ0) is 14.1. The van der Waals surface area contributed by atoms with Crippen LogP contribution in [0.15, 0.2) is 18.2 Å². The van der Waals surface area contributed by atoms with E-state index >= 15 is 0 Å². The number of carbonyl (C=O) groups excluding carboxylic acids is 1. The van der Waals surface area contributed by atoms with E-state index in [1.54, 1.807) is 0 Å². The molecule has 0 aliphatic rings. The third-order valence-corrected chi connectivity index (χ3v) is 1.87. The van der Waals surface area contributed by atoms with E-state index in [4.69, 9.17) is 0 Å². The number of esters is 1. The number of alkyl halides is 6. The molecule has 1 rings (SSSR count). The lowest BCUT2D eigenvalue weighted by Crippen LogP contribution is -2.16. The highest BCUT2D eigenvalue weighted by molar-refractivity contribution is 5.70.